The molecule has 0 aromatic heterocycles. The molecular formula is C24H19NO2. The van der Waals surface area contributed by atoms with Gasteiger partial charge in [0.15, 0.2) is 0 Å². The summed E-state index contributed by atoms with van der Waals surface area (Å²) in [5, 5.41) is 0. The number of nitrogen functional groups attached to an aromatic ring is 1. The SMILES string of the molecule is COc1cccc(C#Cc2cc(N)cc(C#Cc3cccc(OC)c3)c2)c1. The molecular weight excluding hydrogens is 334 g/mol. The Morgan fingerprint density at radius 2 is 1.04 bits per heavy atom. The molecule has 0 aliphatic carbocycles. The van der Waals surface area contributed by atoms with Gasteiger partial charge in [0.25, 0.3) is 0 Å². The Balaban J connectivity index is 1.87. The van der Waals surface area contributed by atoms with Gasteiger partial charge in [-0.1, -0.05) is 35.8 Å². The molecule has 0 atom stereocenters. The summed E-state index contributed by atoms with van der Waals surface area (Å²) < 4.78 is 10.4. The minimum atomic E-state index is 0.627. The van der Waals surface area contributed by atoms with Gasteiger partial charge in [0.2, 0.25) is 0 Å². The number of benzene rings is 3. The van der Waals surface area contributed by atoms with Gasteiger partial charge in [0.1, 0.15) is 11.5 Å². The fraction of sp³-hybridized carbons (Fsp3) is 0.0833. The van der Waals surface area contributed by atoms with Crippen LogP contribution in [0.15, 0.2) is 66.7 Å². The van der Waals surface area contributed by atoms with Crippen molar-refractivity contribution in [3.63, 3.8) is 0 Å². The van der Waals surface area contributed by atoms with Gasteiger partial charge in [-0.15, -0.1) is 0 Å². The third-order valence-electron chi connectivity index (χ3n) is 3.80. The summed E-state index contributed by atoms with van der Waals surface area (Å²) in [4.78, 5) is 0. The Bertz CT molecular complexity index is 995. The highest BCUT2D eigenvalue weighted by molar-refractivity contribution is 5.57. The third kappa shape index (κ3) is 5.08. The number of hydrogen-bond acceptors (Lipinski definition) is 3. The van der Waals surface area contributed by atoms with Gasteiger partial charge in [-0.05, 0) is 54.6 Å². The Labute approximate surface area is 159 Å². The third-order valence-corrected chi connectivity index (χ3v) is 3.80. The summed E-state index contributed by atoms with van der Waals surface area (Å²) in [6, 6.07) is 20.9. The van der Waals surface area contributed by atoms with Crippen molar-refractivity contribution in [1.29, 1.82) is 0 Å². The predicted molar refractivity (Wildman–Crippen MR) is 109 cm³/mol. The standard InChI is InChI=1S/C24H19NO2/c1-26-23-7-3-5-18(16-23)9-11-20-13-21(15-22(25)14-20)12-10-19-6-4-8-24(17-19)27-2/h3-8,13-17H,25H2,1-2H3. The average Bonchev–Trinajstić information content (AvgIpc) is 2.71. The second kappa shape index (κ2) is 8.52. The first-order valence-corrected chi connectivity index (χ1v) is 8.39. The molecule has 27 heavy (non-hydrogen) atoms. The van der Waals surface area contributed by atoms with E-state index in [2.05, 4.69) is 23.7 Å². The molecule has 0 amide bonds. The first kappa shape index (κ1) is 18.0. The number of nitrogens with two attached hydrogens (primary N) is 1. The molecule has 0 aliphatic rings. The quantitative estimate of drug-likeness (QED) is 0.558. The van der Waals surface area contributed by atoms with Gasteiger partial charge in [0.05, 0.1) is 14.2 Å². The van der Waals surface area contributed by atoms with E-state index >= 15 is 0 Å². The van der Waals surface area contributed by atoms with E-state index in [4.69, 9.17) is 15.2 Å². The maximum absolute atomic E-state index is 6.01. The Kier molecular flexibility index (Phi) is 5.67. The average molecular weight is 353 g/mol. The Morgan fingerprint density at radius 3 is 1.48 bits per heavy atom. The van der Waals surface area contributed by atoms with E-state index < -0.39 is 0 Å². The van der Waals surface area contributed by atoms with Crippen LogP contribution < -0.4 is 15.2 Å². The number of rotatable bonds is 2. The summed E-state index contributed by atoms with van der Waals surface area (Å²) in [6.45, 7) is 0. The highest BCUT2D eigenvalue weighted by Gasteiger charge is 1.97. The molecule has 3 aromatic rings. The topological polar surface area (TPSA) is 44.5 Å². The Hall–Kier alpha value is -3.82. The molecule has 0 saturated carbocycles. The van der Waals surface area contributed by atoms with Crippen molar-refractivity contribution in [2.75, 3.05) is 20.0 Å². The molecule has 3 nitrogen and oxygen atoms in total. The molecule has 0 spiro atoms. The van der Waals surface area contributed by atoms with E-state index in [1.807, 2.05) is 66.7 Å². The zero-order valence-corrected chi connectivity index (χ0v) is 15.2. The van der Waals surface area contributed by atoms with Crippen molar-refractivity contribution in [3.8, 4) is 35.2 Å². The number of methoxy groups -OCH3 is 2. The molecule has 132 valence electrons. The maximum Gasteiger partial charge on any atom is 0.120 e. The van der Waals surface area contributed by atoms with E-state index in [0.29, 0.717) is 5.69 Å². The fourth-order valence-corrected chi connectivity index (χ4v) is 2.49. The smallest absolute Gasteiger partial charge is 0.120 e. The van der Waals surface area contributed by atoms with E-state index in [1.54, 1.807) is 14.2 Å². The summed E-state index contributed by atoms with van der Waals surface area (Å²) in [7, 11) is 3.27. The fourth-order valence-electron chi connectivity index (χ4n) is 2.49. The second-order valence-electron chi connectivity index (χ2n) is 5.81. The monoisotopic (exact) mass is 353 g/mol. The molecule has 0 heterocycles. The normalized spacial score (nSPS) is 9.41. The van der Waals surface area contributed by atoms with Crippen molar-refractivity contribution in [1.82, 2.24) is 0 Å². The molecule has 0 bridgehead atoms. The van der Waals surface area contributed by atoms with Gasteiger partial charge < -0.3 is 15.2 Å². The second-order valence-corrected chi connectivity index (χ2v) is 5.81. The highest BCUT2D eigenvalue weighted by Crippen LogP contribution is 2.14. The van der Waals surface area contributed by atoms with Crippen LogP contribution in [0.1, 0.15) is 22.3 Å². The molecule has 2 N–H and O–H groups in total. The highest BCUT2D eigenvalue weighted by atomic mass is 16.5. The van der Waals surface area contributed by atoms with Crippen LogP contribution in [0.25, 0.3) is 0 Å². The molecule has 3 aromatic carbocycles. The van der Waals surface area contributed by atoms with Crippen LogP contribution in [0.2, 0.25) is 0 Å². The van der Waals surface area contributed by atoms with Crippen molar-refractivity contribution in [3.05, 3.63) is 89.0 Å². The predicted octanol–water partition coefficient (Wildman–Crippen LogP) is 4.09. The van der Waals surface area contributed by atoms with Crippen molar-refractivity contribution in [2.24, 2.45) is 0 Å². The summed E-state index contributed by atoms with van der Waals surface area (Å²) in [5.74, 6) is 14.1. The van der Waals surface area contributed by atoms with Crippen LogP contribution in [0.4, 0.5) is 5.69 Å². The van der Waals surface area contributed by atoms with E-state index in [9.17, 15) is 0 Å². The first-order valence-electron chi connectivity index (χ1n) is 8.39. The van der Waals surface area contributed by atoms with Gasteiger partial charge in [0, 0.05) is 27.9 Å². The minimum absolute atomic E-state index is 0.627. The van der Waals surface area contributed by atoms with Crippen LogP contribution in [-0.4, -0.2) is 14.2 Å². The van der Waals surface area contributed by atoms with Crippen LogP contribution in [0.3, 0.4) is 0 Å². The van der Waals surface area contributed by atoms with E-state index in [0.717, 1.165) is 33.8 Å². The lowest BCUT2D eigenvalue weighted by atomic mass is 10.1. The van der Waals surface area contributed by atoms with Gasteiger partial charge in [-0.3, -0.25) is 0 Å². The lowest BCUT2D eigenvalue weighted by Crippen LogP contribution is -1.89. The van der Waals surface area contributed by atoms with E-state index in [-0.39, 0.29) is 0 Å². The lowest BCUT2D eigenvalue weighted by molar-refractivity contribution is 0.414. The van der Waals surface area contributed by atoms with Crippen LogP contribution in [0, 0.1) is 23.7 Å². The van der Waals surface area contributed by atoms with Gasteiger partial charge >= 0.3 is 0 Å². The molecule has 0 unspecified atom stereocenters. The molecule has 3 heteroatoms. The van der Waals surface area contributed by atoms with Gasteiger partial charge in [-0.25, -0.2) is 0 Å². The largest absolute Gasteiger partial charge is 0.497 e. The first-order chi connectivity index (χ1) is 13.2. The van der Waals surface area contributed by atoms with Crippen molar-refractivity contribution in [2.45, 2.75) is 0 Å². The van der Waals surface area contributed by atoms with Crippen molar-refractivity contribution >= 4 is 5.69 Å². The lowest BCUT2D eigenvalue weighted by Gasteiger charge is -2.00. The number of ether oxygens (including phenoxy) is 2. The number of hydrogen-bond donors (Lipinski definition) is 1. The minimum Gasteiger partial charge on any atom is -0.497 e. The van der Waals surface area contributed by atoms with E-state index in [1.165, 1.54) is 0 Å². The van der Waals surface area contributed by atoms with Crippen LogP contribution in [0.5, 0.6) is 11.5 Å². The van der Waals surface area contributed by atoms with Gasteiger partial charge in [-0.2, -0.15) is 0 Å². The zero-order chi connectivity index (χ0) is 19.1. The van der Waals surface area contributed by atoms with Crippen LogP contribution in [-0.2, 0) is 0 Å². The summed E-state index contributed by atoms with van der Waals surface area (Å²) in [5.41, 5.74) is 10.0. The molecule has 3 rings (SSSR count). The molecule has 0 radical (unpaired) electrons. The summed E-state index contributed by atoms with van der Waals surface area (Å²) in [6.07, 6.45) is 0. The van der Waals surface area contributed by atoms with Crippen LogP contribution >= 0.6 is 0 Å². The summed E-state index contributed by atoms with van der Waals surface area (Å²) >= 11 is 0. The molecule has 0 fully saturated rings. The molecule has 0 aliphatic heterocycles. The number of anilines is 1. The van der Waals surface area contributed by atoms with Crippen molar-refractivity contribution < 1.29 is 9.47 Å². The Morgan fingerprint density at radius 1 is 0.593 bits per heavy atom. The maximum atomic E-state index is 6.01. The zero-order valence-electron chi connectivity index (χ0n) is 15.2. The molecule has 0 saturated heterocycles.